The van der Waals surface area contributed by atoms with Crippen LogP contribution in [-0.4, -0.2) is 13.8 Å². The fraction of sp³-hybridized carbons (Fsp3) is 0.516. The van der Waals surface area contributed by atoms with Gasteiger partial charge in [-0.3, -0.25) is 4.99 Å². The van der Waals surface area contributed by atoms with E-state index in [1.165, 1.54) is 22.3 Å². The molecule has 1 aromatic carbocycles. The molecule has 0 atom stereocenters. The lowest BCUT2D eigenvalue weighted by Crippen LogP contribution is -2.15. The van der Waals surface area contributed by atoms with Crippen LogP contribution in [0.1, 0.15) is 99.6 Å². The molecule has 2 nitrogen and oxygen atoms in total. The van der Waals surface area contributed by atoms with Gasteiger partial charge in [-0.1, -0.05) is 89.1 Å². The molecular formula is C31H48N2. The highest BCUT2D eigenvalue weighted by molar-refractivity contribution is 5.91. The minimum atomic E-state index is 0.208. The fourth-order valence-electron chi connectivity index (χ4n) is 3.85. The SMILES string of the molecule is C=Nc1c(/C(C)=C/C=C(C)C(C)(CC)CC)ccc(/C(C)=C/C=C(C)C(C)(C)CC)c1NC. The lowest BCUT2D eigenvalue weighted by molar-refractivity contribution is 0.368. The van der Waals surface area contributed by atoms with Gasteiger partial charge in [-0.05, 0) is 75.7 Å². The van der Waals surface area contributed by atoms with Crippen molar-refractivity contribution in [3.05, 3.63) is 58.7 Å². The molecule has 0 radical (unpaired) electrons. The van der Waals surface area contributed by atoms with Crippen LogP contribution in [0, 0.1) is 10.8 Å². The Morgan fingerprint density at radius 2 is 1.30 bits per heavy atom. The second kappa shape index (κ2) is 12.2. The van der Waals surface area contributed by atoms with Crippen molar-refractivity contribution in [3.63, 3.8) is 0 Å². The van der Waals surface area contributed by atoms with Crippen LogP contribution in [0.3, 0.4) is 0 Å². The highest BCUT2D eigenvalue weighted by atomic mass is 14.9. The van der Waals surface area contributed by atoms with Gasteiger partial charge in [0.2, 0.25) is 0 Å². The minimum Gasteiger partial charge on any atom is -0.386 e. The van der Waals surface area contributed by atoms with Crippen molar-refractivity contribution in [1.82, 2.24) is 0 Å². The normalized spacial score (nSPS) is 14.5. The van der Waals surface area contributed by atoms with E-state index < -0.39 is 0 Å². The summed E-state index contributed by atoms with van der Waals surface area (Å²) in [5.74, 6) is 0. The molecule has 1 N–H and O–H groups in total. The van der Waals surface area contributed by atoms with E-state index in [4.69, 9.17) is 0 Å². The van der Waals surface area contributed by atoms with E-state index in [0.29, 0.717) is 0 Å². The van der Waals surface area contributed by atoms with Crippen molar-refractivity contribution in [2.45, 2.75) is 88.5 Å². The number of anilines is 1. The van der Waals surface area contributed by atoms with Gasteiger partial charge < -0.3 is 5.32 Å². The maximum atomic E-state index is 4.44. The zero-order chi connectivity index (χ0) is 25.4. The summed E-state index contributed by atoms with van der Waals surface area (Å²) in [6.07, 6.45) is 12.4. The van der Waals surface area contributed by atoms with Gasteiger partial charge in [-0.25, -0.2) is 0 Å². The molecule has 0 saturated carbocycles. The molecule has 0 spiro atoms. The second-order valence-corrected chi connectivity index (χ2v) is 10.2. The Morgan fingerprint density at radius 1 is 0.818 bits per heavy atom. The Balaban J connectivity index is 3.50. The van der Waals surface area contributed by atoms with Crippen molar-refractivity contribution in [1.29, 1.82) is 0 Å². The third kappa shape index (κ3) is 6.82. The predicted molar refractivity (Wildman–Crippen MR) is 153 cm³/mol. The Labute approximate surface area is 204 Å². The van der Waals surface area contributed by atoms with Crippen molar-refractivity contribution in [2.75, 3.05) is 12.4 Å². The van der Waals surface area contributed by atoms with Crippen molar-refractivity contribution in [2.24, 2.45) is 15.8 Å². The zero-order valence-corrected chi connectivity index (χ0v) is 23.2. The molecule has 2 heteroatoms. The van der Waals surface area contributed by atoms with Gasteiger partial charge in [-0.15, -0.1) is 0 Å². The lowest BCUT2D eigenvalue weighted by Gasteiger charge is -2.27. The van der Waals surface area contributed by atoms with E-state index in [0.717, 1.165) is 41.8 Å². The Morgan fingerprint density at radius 3 is 1.76 bits per heavy atom. The standard InChI is InChI=1S/C31H48N2/c1-13-30(8,9)24(6)18-16-22(4)26-20-21-27(29(33-12)28(26)32-11)23(5)17-19-25(7)31(10,14-2)15-3/h16-21,32H,12-15H2,1-11H3/b22-16+,23-17+,24-18?,25-19?. The highest BCUT2D eigenvalue weighted by Gasteiger charge is 2.21. The van der Waals surface area contributed by atoms with Gasteiger partial charge in [0.05, 0.1) is 11.4 Å². The smallest absolute Gasteiger partial charge is 0.0934 e. The van der Waals surface area contributed by atoms with Gasteiger partial charge in [0.15, 0.2) is 0 Å². The van der Waals surface area contributed by atoms with Crippen LogP contribution in [0.25, 0.3) is 11.1 Å². The van der Waals surface area contributed by atoms with Gasteiger partial charge in [0.1, 0.15) is 0 Å². The molecule has 1 aromatic rings. The summed E-state index contributed by atoms with van der Waals surface area (Å²) in [4.78, 5) is 4.44. The summed E-state index contributed by atoms with van der Waals surface area (Å²) in [5, 5.41) is 3.39. The van der Waals surface area contributed by atoms with Crippen LogP contribution in [0.4, 0.5) is 11.4 Å². The molecule has 0 bridgehead atoms. The first-order valence-electron chi connectivity index (χ1n) is 12.5. The van der Waals surface area contributed by atoms with E-state index in [-0.39, 0.29) is 10.8 Å². The van der Waals surface area contributed by atoms with E-state index in [9.17, 15) is 0 Å². The molecule has 0 fully saturated rings. The number of benzene rings is 1. The molecule has 0 aromatic heterocycles. The molecule has 0 aliphatic carbocycles. The van der Waals surface area contributed by atoms with Gasteiger partial charge in [0.25, 0.3) is 0 Å². The first-order valence-corrected chi connectivity index (χ1v) is 12.5. The third-order valence-corrected chi connectivity index (χ3v) is 8.07. The van der Waals surface area contributed by atoms with Crippen LogP contribution in [0.2, 0.25) is 0 Å². The van der Waals surface area contributed by atoms with Gasteiger partial charge in [0, 0.05) is 18.2 Å². The fourth-order valence-corrected chi connectivity index (χ4v) is 3.85. The van der Waals surface area contributed by atoms with Crippen LogP contribution >= 0.6 is 0 Å². The van der Waals surface area contributed by atoms with Crippen LogP contribution < -0.4 is 5.32 Å². The summed E-state index contributed by atoms with van der Waals surface area (Å²) in [7, 11) is 1.96. The molecule has 0 aliphatic heterocycles. The van der Waals surface area contributed by atoms with E-state index >= 15 is 0 Å². The monoisotopic (exact) mass is 448 g/mol. The van der Waals surface area contributed by atoms with E-state index in [1.54, 1.807) is 0 Å². The van der Waals surface area contributed by atoms with Crippen LogP contribution in [0.5, 0.6) is 0 Å². The van der Waals surface area contributed by atoms with Gasteiger partial charge >= 0.3 is 0 Å². The number of hydrogen-bond acceptors (Lipinski definition) is 2. The number of aliphatic imine (C=N–C) groups is 1. The Bertz CT molecular complexity index is 947. The lowest BCUT2D eigenvalue weighted by atomic mass is 9.78. The molecule has 0 amide bonds. The summed E-state index contributed by atoms with van der Waals surface area (Å²) in [6, 6.07) is 4.38. The van der Waals surface area contributed by atoms with Crippen molar-refractivity contribution < 1.29 is 0 Å². The molecule has 33 heavy (non-hydrogen) atoms. The molecule has 1 rings (SSSR count). The van der Waals surface area contributed by atoms with Crippen LogP contribution in [0.15, 0.2) is 52.6 Å². The number of allylic oxidation sites excluding steroid dienone is 8. The minimum absolute atomic E-state index is 0.208. The molecule has 0 aliphatic rings. The third-order valence-electron chi connectivity index (χ3n) is 8.07. The highest BCUT2D eigenvalue weighted by Crippen LogP contribution is 2.40. The summed E-state index contributed by atoms with van der Waals surface area (Å²) in [6.45, 7) is 26.4. The summed E-state index contributed by atoms with van der Waals surface area (Å²) >= 11 is 0. The molecular weight excluding hydrogens is 400 g/mol. The first-order chi connectivity index (χ1) is 15.4. The molecule has 0 heterocycles. The Kier molecular flexibility index (Phi) is 10.6. The van der Waals surface area contributed by atoms with Crippen molar-refractivity contribution >= 4 is 29.2 Å². The first kappa shape index (κ1) is 28.7. The molecule has 182 valence electrons. The second-order valence-electron chi connectivity index (χ2n) is 10.2. The Hall–Kier alpha value is -2.35. The topological polar surface area (TPSA) is 24.4 Å². The number of hydrogen-bond donors (Lipinski definition) is 1. The van der Waals surface area contributed by atoms with Crippen molar-refractivity contribution in [3.8, 4) is 0 Å². The number of nitrogens with zero attached hydrogens (tertiary/aromatic N) is 1. The van der Waals surface area contributed by atoms with Crippen LogP contribution in [-0.2, 0) is 0 Å². The maximum absolute atomic E-state index is 4.44. The largest absolute Gasteiger partial charge is 0.386 e. The summed E-state index contributed by atoms with van der Waals surface area (Å²) < 4.78 is 0. The average Bonchev–Trinajstić information content (AvgIpc) is 2.83. The molecule has 0 saturated heterocycles. The number of rotatable bonds is 11. The van der Waals surface area contributed by atoms with E-state index in [2.05, 4.69) is 123 Å². The van der Waals surface area contributed by atoms with Gasteiger partial charge in [-0.2, -0.15) is 0 Å². The maximum Gasteiger partial charge on any atom is 0.0934 e. The average molecular weight is 449 g/mol. The number of nitrogens with one attached hydrogen (secondary N) is 1. The predicted octanol–water partition coefficient (Wildman–Crippen LogP) is 10.0. The molecule has 0 unspecified atom stereocenters. The summed E-state index contributed by atoms with van der Waals surface area (Å²) in [5.41, 5.74) is 9.87. The quantitative estimate of drug-likeness (QED) is 0.264. The zero-order valence-electron chi connectivity index (χ0n) is 23.2. The van der Waals surface area contributed by atoms with E-state index in [1.807, 2.05) is 7.05 Å².